The second-order valence-corrected chi connectivity index (χ2v) is 6.03. The molecule has 6 nitrogen and oxygen atoms in total. The van der Waals surface area contributed by atoms with E-state index in [1.807, 2.05) is 56.8 Å². The average molecular weight is 321 g/mol. The van der Waals surface area contributed by atoms with Gasteiger partial charge in [-0.1, -0.05) is 0 Å². The van der Waals surface area contributed by atoms with E-state index in [9.17, 15) is 0 Å². The van der Waals surface area contributed by atoms with Crippen LogP contribution in [0.4, 0.5) is 0 Å². The van der Waals surface area contributed by atoms with Gasteiger partial charge in [-0.05, 0) is 44.4 Å². The molecule has 122 valence electrons. The lowest BCUT2D eigenvalue weighted by Crippen LogP contribution is -2.13. The highest BCUT2D eigenvalue weighted by atomic mass is 16.5. The standard InChI is InChI=1S/C18H19N5O/c1-22(2)11-16-21-17(12-4-6-13(24-3)7-5-12)15-10-20-18-14(23(15)16)8-9-19-18/h4-10,19H,11H2,1-3H3. The first-order chi connectivity index (χ1) is 11.7. The van der Waals surface area contributed by atoms with Crippen molar-refractivity contribution < 1.29 is 4.74 Å². The Morgan fingerprint density at radius 1 is 1.12 bits per heavy atom. The second kappa shape index (κ2) is 5.65. The van der Waals surface area contributed by atoms with Gasteiger partial charge in [-0.15, -0.1) is 0 Å². The molecule has 0 aliphatic heterocycles. The van der Waals surface area contributed by atoms with Gasteiger partial charge in [-0.2, -0.15) is 0 Å². The summed E-state index contributed by atoms with van der Waals surface area (Å²) in [5.41, 5.74) is 4.89. The van der Waals surface area contributed by atoms with Crippen molar-refractivity contribution in [1.82, 2.24) is 24.3 Å². The lowest BCUT2D eigenvalue weighted by atomic mass is 10.1. The Bertz CT molecular complexity index is 998. The summed E-state index contributed by atoms with van der Waals surface area (Å²) < 4.78 is 7.43. The lowest BCUT2D eigenvalue weighted by molar-refractivity contribution is 0.390. The fourth-order valence-electron chi connectivity index (χ4n) is 2.98. The van der Waals surface area contributed by atoms with Crippen molar-refractivity contribution in [2.75, 3.05) is 21.2 Å². The second-order valence-electron chi connectivity index (χ2n) is 6.03. The number of nitrogens with one attached hydrogen (secondary N) is 1. The van der Waals surface area contributed by atoms with Crippen molar-refractivity contribution >= 4 is 16.7 Å². The topological polar surface area (TPSA) is 58.4 Å². The predicted octanol–water partition coefficient (Wildman–Crippen LogP) is 2.95. The summed E-state index contributed by atoms with van der Waals surface area (Å²) in [5.74, 6) is 1.83. The number of imidazole rings is 1. The zero-order chi connectivity index (χ0) is 16.7. The zero-order valence-corrected chi connectivity index (χ0v) is 13.9. The van der Waals surface area contributed by atoms with E-state index in [0.717, 1.165) is 46.1 Å². The lowest BCUT2D eigenvalue weighted by Gasteiger charge is -2.08. The zero-order valence-electron chi connectivity index (χ0n) is 13.9. The van der Waals surface area contributed by atoms with Crippen LogP contribution in [-0.4, -0.2) is 45.5 Å². The van der Waals surface area contributed by atoms with Gasteiger partial charge in [0.25, 0.3) is 0 Å². The third kappa shape index (κ3) is 2.32. The number of aromatic nitrogens is 4. The third-order valence-electron chi connectivity index (χ3n) is 4.06. The molecule has 3 heterocycles. The summed E-state index contributed by atoms with van der Waals surface area (Å²) in [4.78, 5) is 14.7. The number of benzene rings is 1. The minimum Gasteiger partial charge on any atom is -0.497 e. The van der Waals surface area contributed by atoms with Crippen molar-refractivity contribution in [3.63, 3.8) is 0 Å². The van der Waals surface area contributed by atoms with Gasteiger partial charge in [-0.3, -0.25) is 4.40 Å². The fraction of sp³-hybridized carbons (Fsp3) is 0.222. The van der Waals surface area contributed by atoms with Gasteiger partial charge in [0.1, 0.15) is 11.6 Å². The molecule has 0 bridgehead atoms. The Morgan fingerprint density at radius 3 is 2.62 bits per heavy atom. The molecule has 0 atom stereocenters. The molecule has 0 aliphatic carbocycles. The molecule has 3 aromatic heterocycles. The number of methoxy groups -OCH3 is 1. The van der Waals surface area contributed by atoms with Gasteiger partial charge in [0.05, 0.1) is 36.6 Å². The number of ether oxygens (including phenoxy) is 1. The molecule has 0 saturated heterocycles. The Morgan fingerprint density at radius 2 is 1.92 bits per heavy atom. The van der Waals surface area contributed by atoms with Crippen molar-refractivity contribution in [3.8, 4) is 17.0 Å². The summed E-state index contributed by atoms with van der Waals surface area (Å²) >= 11 is 0. The molecule has 1 aromatic carbocycles. The Labute approximate surface area is 139 Å². The number of fused-ring (bicyclic) bond motifs is 3. The van der Waals surface area contributed by atoms with Crippen LogP contribution < -0.4 is 4.74 Å². The molecule has 0 spiro atoms. The molecule has 0 fully saturated rings. The first kappa shape index (κ1) is 14.7. The molecule has 0 unspecified atom stereocenters. The monoisotopic (exact) mass is 321 g/mol. The van der Waals surface area contributed by atoms with E-state index < -0.39 is 0 Å². The Kier molecular flexibility index (Phi) is 3.46. The quantitative estimate of drug-likeness (QED) is 0.628. The van der Waals surface area contributed by atoms with E-state index in [-0.39, 0.29) is 0 Å². The van der Waals surface area contributed by atoms with Crippen LogP contribution >= 0.6 is 0 Å². The van der Waals surface area contributed by atoms with Crippen LogP contribution in [0, 0.1) is 0 Å². The number of hydrogen-bond acceptors (Lipinski definition) is 4. The molecule has 4 rings (SSSR count). The average Bonchev–Trinajstić information content (AvgIpc) is 3.18. The van der Waals surface area contributed by atoms with Crippen molar-refractivity contribution in [2.45, 2.75) is 6.54 Å². The first-order valence-electron chi connectivity index (χ1n) is 7.80. The van der Waals surface area contributed by atoms with Crippen LogP contribution in [0.25, 0.3) is 27.9 Å². The largest absolute Gasteiger partial charge is 0.497 e. The van der Waals surface area contributed by atoms with Gasteiger partial charge in [0.2, 0.25) is 0 Å². The molecule has 4 aromatic rings. The molecule has 6 heteroatoms. The summed E-state index contributed by atoms with van der Waals surface area (Å²) in [6.45, 7) is 0.752. The highest BCUT2D eigenvalue weighted by Gasteiger charge is 2.16. The molecule has 0 saturated carbocycles. The highest BCUT2D eigenvalue weighted by Crippen LogP contribution is 2.29. The van der Waals surface area contributed by atoms with Crippen LogP contribution in [-0.2, 0) is 6.54 Å². The van der Waals surface area contributed by atoms with E-state index in [1.165, 1.54) is 0 Å². The van der Waals surface area contributed by atoms with Crippen molar-refractivity contribution in [3.05, 3.63) is 48.5 Å². The van der Waals surface area contributed by atoms with Crippen LogP contribution in [0.3, 0.4) is 0 Å². The van der Waals surface area contributed by atoms with E-state index >= 15 is 0 Å². The van der Waals surface area contributed by atoms with Crippen LogP contribution in [0.15, 0.2) is 42.7 Å². The SMILES string of the molecule is COc1ccc(-c2nc(CN(C)C)n3c2cnc2[nH]ccc23)cc1. The smallest absolute Gasteiger partial charge is 0.154 e. The Hall–Kier alpha value is -2.86. The van der Waals surface area contributed by atoms with Crippen LogP contribution in [0.2, 0.25) is 0 Å². The predicted molar refractivity (Wildman–Crippen MR) is 94.2 cm³/mol. The maximum absolute atomic E-state index is 5.25. The number of hydrogen-bond donors (Lipinski definition) is 1. The maximum atomic E-state index is 5.25. The van der Waals surface area contributed by atoms with Gasteiger partial charge in [0, 0.05) is 11.8 Å². The van der Waals surface area contributed by atoms with Crippen molar-refractivity contribution in [2.24, 2.45) is 0 Å². The minimum atomic E-state index is 0.752. The molecule has 24 heavy (non-hydrogen) atoms. The van der Waals surface area contributed by atoms with E-state index in [1.54, 1.807) is 7.11 Å². The van der Waals surface area contributed by atoms with E-state index in [2.05, 4.69) is 19.3 Å². The van der Waals surface area contributed by atoms with Crippen LogP contribution in [0.1, 0.15) is 5.82 Å². The summed E-state index contributed by atoms with van der Waals surface area (Å²) in [7, 11) is 5.76. The van der Waals surface area contributed by atoms with Gasteiger partial charge >= 0.3 is 0 Å². The molecule has 0 amide bonds. The minimum absolute atomic E-state index is 0.752. The summed E-state index contributed by atoms with van der Waals surface area (Å²) in [5, 5.41) is 0. The molecule has 0 aliphatic rings. The number of aromatic amines is 1. The molecular weight excluding hydrogens is 302 g/mol. The summed E-state index contributed by atoms with van der Waals surface area (Å²) in [6, 6.07) is 10.0. The fourth-order valence-corrected chi connectivity index (χ4v) is 2.98. The summed E-state index contributed by atoms with van der Waals surface area (Å²) in [6.07, 6.45) is 3.79. The van der Waals surface area contributed by atoms with Gasteiger partial charge < -0.3 is 14.6 Å². The first-order valence-corrected chi connectivity index (χ1v) is 7.80. The van der Waals surface area contributed by atoms with Gasteiger partial charge in [0.15, 0.2) is 5.65 Å². The van der Waals surface area contributed by atoms with Crippen molar-refractivity contribution in [1.29, 1.82) is 0 Å². The van der Waals surface area contributed by atoms with Crippen LogP contribution in [0.5, 0.6) is 5.75 Å². The van der Waals surface area contributed by atoms with E-state index in [0.29, 0.717) is 0 Å². The molecule has 1 N–H and O–H groups in total. The Balaban J connectivity index is 1.97. The molecule has 0 radical (unpaired) electrons. The normalized spacial score (nSPS) is 11.7. The number of rotatable bonds is 4. The number of nitrogens with zero attached hydrogens (tertiary/aromatic N) is 4. The maximum Gasteiger partial charge on any atom is 0.154 e. The highest BCUT2D eigenvalue weighted by molar-refractivity contribution is 5.84. The third-order valence-corrected chi connectivity index (χ3v) is 4.06. The number of H-pyrrole nitrogens is 1. The molecular formula is C18H19N5O. The van der Waals surface area contributed by atoms with E-state index in [4.69, 9.17) is 9.72 Å². The van der Waals surface area contributed by atoms with Gasteiger partial charge in [-0.25, -0.2) is 9.97 Å².